The average molecular weight is 297 g/mol. The molecule has 6 heteroatoms. The monoisotopic (exact) mass is 296 g/mol. The van der Waals surface area contributed by atoms with Gasteiger partial charge in [-0.15, -0.1) is 12.6 Å². The number of aromatic nitrogens is 1. The molecule has 0 fully saturated rings. The molecular formula is C13H13ClN2O2S. The number of ether oxygens (including phenoxy) is 1. The van der Waals surface area contributed by atoms with E-state index in [0.29, 0.717) is 10.8 Å². The zero-order valence-corrected chi connectivity index (χ0v) is 11.9. The molecule has 0 spiro atoms. The maximum Gasteiger partial charge on any atom is 0.357 e. The number of esters is 1. The molecule has 0 saturated heterocycles. The second-order valence-corrected chi connectivity index (χ2v) is 4.75. The molecule has 2 N–H and O–H groups in total. The molecule has 1 aromatic heterocycles. The zero-order chi connectivity index (χ0) is 14.0. The number of nitrogens with zero attached hydrogens (tertiary/aromatic N) is 1. The number of nitrogens with two attached hydrogens (primary N) is 1. The number of carbonyl (C=O) groups excluding carboxylic acids is 1. The first-order valence-electron chi connectivity index (χ1n) is 5.67. The van der Waals surface area contributed by atoms with Gasteiger partial charge in [0.2, 0.25) is 0 Å². The summed E-state index contributed by atoms with van der Waals surface area (Å²) in [6.45, 7) is 2.01. The molecule has 0 saturated carbocycles. The summed E-state index contributed by atoms with van der Waals surface area (Å²) in [6.07, 6.45) is 0. The third kappa shape index (κ3) is 2.72. The standard InChI is InChI=1S/C13H13ClN2O2S/c1-2-18-13(17)12-10(15)7-11(14)16(12)8-3-5-9(19)6-4-8/h3-7,19H,2,15H2,1H3. The van der Waals surface area contributed by atoms with E-state index < -0.39 is 5.97 Å². The summed E-state index contributed by atoms with van der Waals surface area (Å²) in [5, 5.41) is 0.354. The lowest BCUT2D eigenvalue weighted by Gasteiger charge is -2.10. The highest BCUT2D eigenvalue weighted by molar-refractivity contribution is 7.80. The number of halogens is 1. The Morgan fingerprint density at radius 1 is 1.42 bits per heavy atom. The lowest BCUT2D eigenvalue weighted by Crippen LogP contribution is -2.13. The van der Waals surface area contributed by atoms with E-state index >= 15 is 0 Å². The Morgan fingerprint density at radius 2 is 2.05 bits per heavy atom. The van der Waals surface area contributed by atoms with Crippen LogP contribution in [0, 0.1) is 0 Å². The third-order valence-corrected chi connectivity index (χ3v) is 3.14. The zero-order valence-electron chi connectivity index (χ0n) is 10.3. The van der Waals surface area contributed by atoms with Crippen molar-refractivity contribution < 1.29 is 9.53 Å². The number of hydrogen-bond acceptors (Lipinski definition) is 4. The molecule has 2 aromatic rings. The number of carbonyl (C=O) groups is 1. The van der Waals surface area contributed by atoms with E-state index in [2.05, 4.69) is 12.6 Å². The highest BCUT2D eigenvalue weighted by Crippen LogP contribution is 2.28. The number of benzene rings is 1. The van der Waals surface area contributed by atoms with Gasteiger partial charge >= 0.3 is 5.97 Å². The molecular weight excluding hydrogens is 284 g/mol. The van der Waals surface area contributed by atoms with Crippen LogP contribution in [0.1, 0.15) is 17.4 Å². The minimum Gasteiger partial charge on any atom is -0.461 e. The van der Waals surface area contributed by atoms with Crippen LogP contribution in [0.4, 0.5) is 5.69 Å². The molecule has 0 amide bonds. The van der Waals surface area contributed by atoms with E-state index in [1.54, 1.807) is 35.8 Å². The van der Waals surface area contributed by atoms with Crippen molar-refractivity contribution in [3.05, 3.63) is 41.2 Å². The Balaban J connectivity index is 2.56. The summed E-state index contributed by atoms with van der Waals surface area (Å²) >= 11 is 10.3. The molecule has 1 heterocycles. The van der Waals surface area contributed by atoms with Crippen molar-refractivity contribution in [2.45, 2.75) is 11.8 Å². The minimum absolute atomic E-state index is 0.235. The first-order chi connectivity index (χ1) is 9.04. The molecule has 0 aliphatic heterocycles. The van der Waals surface area contributed by atoms with E-state index in [-0.39, 0.29) is 12.3 Å². The highest BCUT2D eigenvalue weighted by Gasteiger charge is 2.21. The summed E-state index contributed by atoms with van der Waals surface area (Å²) in [4.78, 5) is 12.8. The van der Waals surface area contributed by atoms with Crippen LogP contribution in [0.25, 0.3) is 5.69 Å². The van der Waals surface area contributed by atoms with E-state index in [1.807, 2.05) is 0 Å². The maximum atomic E-state index is 11.9. The molecule has 0 aliphatic carbocycles. The van der Waals surface area contributed by atoms with Crippen LogP contribution in [0.5, 0.6) is 0 Å². The quantitative estimate of drug-likeness (QED) is 0.675. The summed E-state index contributed by atoms with van der Waals surface area (Å²) < 4.78 is 6.55. The van der Waals surface area contributed by atoms with Gasteiger partial charge in [-0.2, -0.15) is 0 Å². The molecule has 1 aromatic carbocycles. The van der Waals surface area contributed by atoms with Gasteiger partial charge in [0, 0.05) is 10.6 Å². The molecule has 19 heavy (non-hydrogen) atoms. The van der Waals surface area contributed by atoms with Gasteiger partial charge in [-0.3, -0.25) is 4.57 Å². The fraction of sp³-hybridized carbons (Fsp3) is 0.154. The molecule has 100 valence electrons. The van der Waals surface area contributed by atoms with E-state index in [0.717, 1.165) is 10.6 Å². The van der Waals surface area contributed by atoms with Gasteiger partial charge in [-0.25, -0.2) is 4.79 Å². The van der Waals surface area contributed by atoms with Gasteiger partial charge in [0.1, 0.15) is 5.15 Å². The Kier molecular flexibility index (Phi) is 4.07. The first-order valence-corrected chi connectivity index (χ1v) is 6.50. The number of hydrogen-bond donors (Lipinski definition) is 2. The number of thiol groups is 1. The molecule has 0 bridgehead atoms. The Morgan fingerprint density at radius 3 is 2.63 bits per heavy atom. The third-order valence-electron chi connectivity index (χ3n) is 2.56. The SMILES string of the molecule is CCOC(=O)c1c(N)cc(Cl)n1-c1ccc(S)cc1. The summed E-state index contributed by atoms with van der Waals surface area (Å²) in [5.41, 5.74) is 7.07. The van der Waals surface area contributed by atoms with Crippen LogP contribution in [-0.2, 0) is 4.74 Å². The largest absolute Gasteiger partial charge is 0.461 e. The van der Waals surface area contributed by atoms with Gasteiger partial charge in [0.05, 0.1) is 12.3 Å². The summed E-state index contributed by atoms with van der Waals surface area (Å²) in [5.74, 6) is -0.498. The van der Waals surface area contributed by atoms with E-state index in [4.69, 9.17) is 22.1 Å². The maximum absolute atomic E-state index is 11.9. The fourth-order valence-corrected chi connectivity index (χ4v) is 2.21. The van der Waals surface area contributed by atoms with Crippen molar-refractivity contribution in [2.24, 2.45) is 0 Å². The second-order valence-electron chi connectivity index (χ2n) is 3.84. The lowest BCUT2D eigenvalue weighted by molar-refractivity contribution is 0.0518. The normalized spacial score (nSPS) is 10.5. The van der Waals surface area contributed by atoms with Gasteiger partial charge in [0.25, 0.3) is 0 Å². The Bertz CT molecular complexity index is 608. The van der Waals surface area contributed by atoms with Crippen molar-refractivity contribution >= 4 is 35.9 Å². The van der Waals surface area contributed by atoms with Crippen molar-refractivity contribution in [1.29, 1.82) is 0 Å². The van der Waals surface area contributed by atoms with E-state index in [9.17, 15) is 4.79 Å². The average Bonchev–Trinajstić information content (AvgIpc) is 2.65. The number of anilines is 1. The number of nitrogen functional groups attached to an aromatic ring is 1. The molecule has 0 unspecified atom stereocenters. The van der Waals surface area contributed by atoms with Crippen molar-refractivity contribution in [2.75, 3.05) is 12.3 Å². The molecule has 0 atom stereocenters. The van der Waals surface area contributed by atoms with Crippen LogP contribution >= 0.6 is 24.2 Å². The fourth-order valence-electron chi connectivity index (χ4n) is 1.76. The van der Waals surface area contributed by atoms with E-state index in [1.165, 1.54) is 6.07 Å². The van der Waals surface area contributed by atoms with Gasteiger partial charge in [-0.1, -0.05) is 11.6 Å². The smallest absolute Gasteiger partial charge is 0.357 e. The first kappa shape index (κ1) is 13.8. The van der Waals surface area contributed by atoms with Crippen LogP contribution in [-0.4, -0.2) is 17.1 Å². The second kappa shape index (κ2) is 5.59. The molecule has 4 nitrogen and oxygen atoms in total. The minimum atomic E-state index is -0.498. The van der Waals surface area contributed by atoms with Gasteiger partial charge in [0.15, 0.2) is 5.69 Å². The Hall–Kier alpha value is -1.59. The topological polar surface area (TPSA) is 57.2 Å². The Labute approximate surface area is 121 Å². The molecule has 0 radical (unpaired) electrons. The predicted octanol–water partition coefficient (Wildman–Crippen LogP) is 3.18. The summed E-state index contributed by atoms with van der Waals surface area (Å²) in [7, 11) is 0. The van der Waals surface area contributed by atoms with Crippen LogP contribution in [0.2, 0.25) is 5.15 Å². The number of rotatable bonds is 3. The molecule has 2 rings (SSSR count). The predicted molar refractivity (Wildman–Crippen MR) is 78.4 cm³/mol. The highest BCUT2D eigenvalue weighted by atomic mass is 35.5. The molecule has 0 aliphatic rings. The van der Waals surface area contributed by atoms with Crippen molar-refractivity contribution in [3.8, 4) is 5.69 Å². The van der Waals surface area contributed by atoms with Gasteiger partial charge < -0.3 is 10.5 Å². The van der Waals surface area contributed by atoms with Crippen LogP contribution in [0.3, 0.4) is 0 Å². The summed E-state index contributed by atoms with van der Waals surface area (Å²) in [6, 6.07) is 8.75. The lowest BCUT2D eigenvalue weighted by atomic mass is 10.3. The van der Waals surface area contributed by atoms with Crippen molar-refractivity contribution in [3.63, 3.8) is 0 Å². The van der Waals surface area contributed by atoms with Crippen molar-refractivity contribution in [1.82, 2.24) is 4.57 Å². The van der Waals surface area contributed by atoms with Crippen LogP contribution < -0.4 is 5.73 Å². The van der Waals surface area contributed by atoms with Gasteiger partial charge in [-0.05, 0) is 37.3 Å². The van der Waals surface area contributed by atoms with Crippen LogP contribution in [0.15, 0.2) is 35.2 Å².